The molecule has 0 unspecified atom stereocenters. The van der Waals surface area contributed by atoms with Crippen LogP contribution in [-0.4, -0.2) is 10.9 Å². The van der Waals surface area contributed by atoms with E-state index in [1.54, 1.807) is 0 Å². The first-order chi connectivity index (χ1) is 15.9. The van der Waals surface area contributed by atoms with Gasteiger partial charge in [-0.2, -0.15) is 0 Å². The van der Waals surface area contributed by atoms with E-state index in [2.05, 4.69) is 11.4 Å². The minimum atomic E-state index is -0.149. The lowest BCUT2D eigenvalue weighted by Gasteiger charge is -2.17. The number of anilines is 1. The molecule has 33 heavy (non-hydrogen) atoms. The lowest BCUT2D eigenvalue weighted by molar-refractivity contribution is 0.102. The summed E-state index contributed by atoms with van der Waals surface area (Å²) >= 11 is 6.28. The Morgan fingerprint density at radius 1 is 0.848 bits per heavy atom. The highest BCUT2D eigenvalue weighted by atomic mass is 35.5. The van der Waals surface area contributed by atoms with Gasteiger partial charge >= 0.3 is 0 Å². The van der Waals surface area contributed by atoms with Gasteiger partial charge in [-0.1, -0.05) is 71.8 Å². The number of nitrogens with zero attached hydrogens (tertiary/aromatic N) is 1. The molecule has 0 bridgehead atoms. The van der Waals surface area contributed by atoms with Crippen molar-refractivity contribution < 1.29 is 4.79 Å². The highest BCUT2D eigenvalue weighted by Gasteiger charge is 2.21. The standard InChI is InChI=1S/C29H23ClN2O/c1-17-14-18(2)27-24(15-17)26(19(3)28(32-27)21-10-6-11-22(30)16-21)29(33)31-25-13-7-9-20-8-4-5-12-23(20)25/h4-16H,1-3H3,(H,31,33). The van der Waals surface area contributed by atoms with Gasteiger partial charge < -0.3 is 5.32 Å². The summed E-state index contributed by atoms with van der Waals surface area (Å²) in [7, 11) is 0. The molecule has 0 aliphatic rings. The summed E-state index contributed by atoms with van der Waals surface area (Å²) in [6, 6.07) is 25.7. The first-order valence-corrected chi connectivity index (χ1v) is 11.3. The van der Waals surface area contributed by atoms with Crippen LogP contribution in [0.1, 0.15) is 27.0 Å². The third-order valence-corrected chi connectivity index (χ3v) is 6.27. The molecule has 0 aliphatic heterocycles. The van der Waals surface area contributed by atoms with Crippen molar-refractivity contribution in [1.82, 2.24) is 4.98 Å². The Labute approximate surface area is 198 Å². The number of nitrogens with one attached hydrogen (secondary N) is 1. The summed E-state index contributed by atoms with van der Waals surface area (Å²) in [4.78, 5) is 18.8. The smallest absolute Gasteiger partial charge is 0.256 e. The largest absolute Gasteiger partial charge is 0.321 e. The summed E-state index contributed by atoms with van der Waals surface area (Å²) in [5.74, 6) is -0.149. The van der Waals surface area contributed by atoms with Crippen LogP contribution in [0.2, 0.25) is 5.02 Å². The molecule has 1 N–H and O–H groups in total. The third-order valence-electron chi connectivity index (χ3n) is 6.03. The van der Waals surface area contributed by atoms with Gasteiger partial charge in [0.15, 0.2) is 0 Å². The number of halogens is 1. The van der Waals surface area contributed by atoms with Gasteiger partial charge in [0.05, 0.1) is 16.8 Å². The van der Waals surface area contributed by atoms with Crippen molar-refractivity contribution in [3.8, 4) is 11.3 Å². The van der Waals surface area contributed by atoms with E-state index in [1.165, 1.54) is 0 Å². The third kappa shape index (κ3) is 3.85. The second kappa shape index (κ2) is 8.34. The maximum Gasteiger partial charge on any atom is 0.256 e. The van der Waals surface area contributed by atoms with Crippen LogP contribution in [0.4, 0.5) is 5.69 Å². The normalized spacial score (nSPS) is 11.2. The summed E-state index contributed by atoms with van der Waals surface area (Å²) in [6.07, 6.45) is 0. The van der Waals surface area contributed by atoms with Crippen LogP contribution in [0.3, 0.4) is 0 Å². The minimum absolute atomic E-state index is 0.149. The van der Waals surface area contributed by atoms with E-state index in [1.807, 2.05) is 93.6 Å². The molecule has 0 fully saturated rings. The highest BCUT2D eigenvalue weighted by Crippen LogP contribution is 2.34. The maximum atomic E-state index is 13.8. The summed E-state index contributed by atoms with van der Waals surface area (Å²) in [5.41, 5.74) is 6.85. The number of hydrogen-bond donors (Lipinski definition) is 1. The summed E-state index contributed by atoms with van der Waals surface area (Å²) in [6.45, 7) is 6.03. The second-order valence-corrected chi connectivity index (χ2v) is 8.87. The van der Waals surface area contributed by atoms with E-state index in [0.717, 1.165) is 55.3 Å². The molecule has 0 saturated carbocycles. The SMILES string of the molecule is Cc1cc(C)c2nc(-c3cccc(Cl)c3)c(C)c(C(=O)Nc3cccc4ccccc34)c2c1. The Kier molecular flexibility index (Phi) is 5.35. The van der Waals surface area contributed by atoms with Crippen LogP contribution in [0, 0.1) is 20.8 Å². The zero-order chi connectivity index (χ0) is 23.1. The first-order valence-electron chi connectivity index (χ1n) is 10.9. The molecule has 1 heterocycles. The van der Waals surface area contributed by atoms with Crippen molar-refractivity contribution in [2.45, 2.75) is 20.8 Å². The van der Waals surface area contributed by atoms with Crippen LogP contribution >= 0.6 is 11.6 Å². The predicted molar refractivity (Wildman–Crippen MR) is 138 cm³/mol. The summed E-state index contributed by atoms with van der Waals surface area (Å²) in [5, 5.41) is 6.75. The van der Waals surface area contributed by atoms with Gasteiger partial charge in [-0.25, -0.2) is 4.98 Å². The molecule has 3 nitrogen and oxygen atoms in total. The molecule has 0 spiro atoms. The quantitative estimate of drug-likeness (QED) is 0.303. The van der Waals surface area contributed by atoms with E-state index < -0.39 is 0 Å². The molecule has 4 heteroatoms. The number of rotatable bonds is 3. The molecule has 5 rings (SSSR count). The van der Waals surface area contributed by atoms with Crippen molar-refractivity contribution in [2.24, 2.45) is 0 Å². The van der Waals surface area contributed by atoms with Crippen LogP contribution in [-0.2, 0) is 0 Å². The van der Waals surface area contributed by atoms with E-state index in [0.29, 0.717) is 10.6 Å². The van der Waals surface area contributed by atoms with E-state index in [4.69, 9.17) is 16.6 Å². The van der Waals surface area contributed by atoms with Crippen LogP contribution in [0.25, 0.3) is 32.9 Å². The van der Waals surface area contributed by atoms with Gasteiger partial charge in [0.1, 0.15) is 0 Å². The number of carbonyl (C=O) groups excluding carboxylic acids is 1. The van der Waals surface area contributed by atoms with E-state index in [9.17, 15) is 4.79 Å². The maximum absolute atomic E-state index is 13.8. The van der Waals surface area contributed by atoms with Crippen molar-refractivity contribution >= 4 is 44.9 Å². The Balaban J connectivity index is 1.73. The van der Waals surface area contributed by atoms with Gasteiger partial charge in [0.25, 0.3) is 5.91 Å². The molecule has 5 aromatic rings. The number of benzene rings is 4. The average Bonchev–Trinajstić information content (AvgIpc) is 2.79. The Morgan fingerprint density at radius 2 is 1.61 bits per heavy atom. The topological polar surface area (TPSA) is 42.0 Å². The Bertz CT molecular complexity index is 1550. The Morgan fingerprint density at radius 3 is 2.42 bits per heavy atom. The zero-order valence-corrected chi connectivity index (χ0v) is 19.5. The molecular weight excluding hydrogens is 428 g/mol. The molecule has 0 aliphatic carbocycles. The van der Waals surface area contributed by atoms with Crippen molar-refractivity contribution in [1.29, 1.82) is 0 Å². The van der Waals surface area contributed by atoms with Crippen molar-refractivity contribution in [3.63, 3.8) is 0 Å². The van der Waals surface area contributed by atoms with Gasteiger partial charge in [-0.15, -0.1) is 0 Å². The van der Waals surface area contributed by atoms with E-state index >= 15 is 0 Å². The number of amides is 1. The number of aromatic nitrogens is 1. The van der Waals surface area contributed by atoms with Crippen LogP contribution in [0.15, 0.2) is 78.9 Å². The van der Waals surface area contributed by atoms with Crippen LogP contribution < -0.4 is 5.32 Å². The lowest BCUT2D eigenvalue weighted by Crippen LogP contribution is -2.16. The summed E-state index contributed by atoms with van der Waals surface area (Å²) < 4.78 is 0. The molecule has 0 atom stereocenters. The molecule has 162 valence electrons. The monoisotopic (exact) mass is 450 g/mol. The number of carbonyl (C=O) groups is 1. The number of hydrogen-bond acceptors (Lipinski definition) is 2. The predicted octanol–water partition coefficient (Wildman–Crippen LogP) is 7.89. The average molecular weight is 451 g/mol. The molecular formula is C29H23ClN2O. The molecule has 0 saturated heterocycles. The highest BCUT2D eigenvalue weighted by molar-refractivity contribution is 6.30. The fourth-order valence-electron chi connectivity index (χ4n) is 4.54. The zero-order valence-electron chi connectivity index (χ0n) is 18.7. The van der Waals surface area contributed by atoms with E-state index in [-0.39, 0.29) is 5.91 Å². The van der Waals surface area contributed by atoms with Gasteiger partial charge in [-0.3, -0.25) is 4.79 Å². The Hall–Kier alpha value is -3.69. The fourth-order valence-corrected chi connectivity index (χ4v) is 4.73. The second-order valence-electron chi connectivity index (χ2n) is 8.43. The van der Waals surface area contributed by atoms with Crippen molar-refractivity contribution in [3.05, 3.63) is 106 Å². The number of fused-ring (bicyclic) bond motifs is 2. The molecule has 0 radical (unpaired) electrons. The molecule has 1 amide bonds. The first kappa shape index (κ1) is 21.2. The van der Waals surface area contributed by atoms with Gasteiger partial charge in [0, 0.05) is 27.0 Å². The van der Waals surface area contributed by atoms with Gasteiger partial charge in [0.2, 0.25) is 0 Å². The molecule has 1 aromatic heterocycles. The fraction of sp³-hybridized carbons (Fsp3) is 0.103. The number of aryl methyl sites for hydroxylation is 2. The number of pyridine rings is 1. The minimum Gasteiger partial charge on any atom is -0.321 e. The van der Waals surface area contributed by atoms with Gasteiger partial charge in [-0.05, 0) is 61.5 Å². The van der Waals surface area contributed by atoms with Crippen LogP contribution in [0.5, 0.6) is 0 Å². The lowest BCUT2D eigenvalue weighted by atomic mass is 9.94. The molecule has 4 aromatic carbocycles. The van der Waals surface area contributed by atoms with Crippen molar-refractivity contribution in [2.75, 3.05) is 5.32 Å².